The summed E-state index contributed by atoms with van der Waals surface area (Å²) in [4.78, 5) is 12.0. The minimum absolute atomic E-state index is 0.106. The fourth-order valence-corrected chi connectivity index (χ4v) is 2.22. The van der Waals surface area contributed by atoms with Crippen LogP contribution in [0.4, 0.5) is 0 Å². The number of Topliss-reactive ketones (excluding diaryl/α,β-unsaturated/α-hetero) is 1. The van der Waals surface area contributed by atoms with Crippen molar-refractivity contribution in [3.05, 3.63) is 27.2 Å². The van der Waals surface area contributed by atoms with Crippen molar-refractivity contribution >= 4 is 33.3 Å². The molecule has 0 radical (unpaired) electrons. The van der Waals surface area contributed by atoms with E-state index < -0.39 is 0 Å². The van der Waals surface area contributed by atoms with Crippen LogP contribution >= 0.6 is 27.5 Å². The molecule has 0 fully saturated rings. The van der Waals surface area contributed by atoms with E-state index in [2.05, 4.69) is 15.9 Å². The highest BCUT2D eigenvalue weighted by Gasteiger charge is 2.29. The van der Waals surface area contributed by atoms with Gasteiger partial charge in [-0.05, 0) is 22.0 Å². The Bertz CT molecular complexity index is 455. The number of hydrogen-bond donors (Lipinski definition) is 0. The number of carbonyl (C=O) groups excluding carboxylic acids is 1. The van der Waals surface area contributed by atoms with Gasteiger partial charge in [0.25, 0.3) is 0 Å². The van der Waals surface area contributed by atoms with Gasteiger partial charge in [0, 0.05) is 22.4 Å². The van der Waals surface area contributed by atoms with Crippen molar-refractivity contribution in [2.75, 3.05) is 6.61 Å². The van der Waals surface area contributed by atoms with Gasteiger partial charge in [0.1, 0.15) is 5.75 Å². The number of benzene rings is 1. The number of rotatable bonds is 0. The second-order valence-corrected chi connectivity index (χ2v) is 6.08. The Balaban J connectivity index is 2.49. The van der Waals surface area contributed by atoms with Gasteiger partial charge in [-0.3, -0.25) is 4.79 Å². The number of ether oxygens (including phenoxy) is 1. The smallest absolute Gasteiger partial charge is 0.167 e. The molecule has 1 heterocycles. The Morgan fingerprint density at radius 2 is 2.12 bits per heavy atom. The molecule has 0 unspecified atom stereocenters. The molecule has 0 N–H and O–H groups in total. The van der Waals surface area contributed by atoms with Crippen molar-refractivity contribution in [1.82, 2.24) is 0 Å². The summed E-state index contributed by atoms with van der Waals surface area (Å²) in [6.45, 7) is 4.57. The maximum Gasteiger partial charge on any atom is 0.167 e. The van der Waals surface area contributed by atoms with Crippen LogP contribution in [0.1, 0.15) is 30.6 Å². The Hall–Kier alpha value is -0.540. The highest BCUT2D eigenvalue weighted by atomic mass is 79.9. The molecule has 2 rings (SSSR count). The SMILES string of the molecule is CC1(C)COc2cc(Cl)c(Br)cc2C(=O)C1. The van der Waals surface area contributed by atoms with Crippen LogP contribution in [-0.2, 0) is 0 Å². The molecule has 0 aromatic heterocycles. The molecular weight excluding hydrogens is 291 g/mol. The lowest BCUT2D eigenvalue weighted by atomic mass is 9.87. The summed E-state index contributed by atoms with van der Waals surface area (Å²) < 4.78 is 6.37. The van der Waals surface area contributed by atoms with E-state index in [1.165, 1.54) is 0 Å². The number of ketones is 1. The number of hydrogen-bond acceptors (Lipinski definition) is 2. The van der Waals surface area contributed by atoms with E-state index in [9.17, 15) is 4.79 Å². The third-order valence-electron chi connectivity index (χ3n) is 2.58. The zero-order valence-corrected chi connectivity index (χ0v) is 11.5. The Labute approximate surface area is 108 Å². The molecule has 0 saturated heterocycles. The standard InChI is InChI=1S/C12H12BrClO2/c1-12(2)5-10(15)7-3-8(13)9(14)4-11(7)16-6-12/h3-4H,5-6H2,1-2H3. The van der Waals surface area contributed by atoms with Crippen LogP contribution < -0.4 is 4.74 Å². The lowest BCUT2D eigenvalue weighted by Crippen LogP contribution is -2.21. The Kier molecular flexibility index (Phi) is 3.01. The highest BCUT2D eigenvalue weighted by molar-refractivity contribution is 9.10. The summed E-state index contributed by atoms with van der Waals surface area (Å²) in [5, 5.41) is 0.561. The molecule has 0 amide bonds. The topological polar surface area (TPSA) is 26.3 Å². The van der Waals surface area contributed by atoms with E-state index in [1.807, 2.05) is 13.8 Å². The molecular formula is C12H12BrClO2. The van der Waals surface area contributed by atoms with Crippen LogP contribution in [0.2, 0.25) is 5.02 Å². The molecule has 0 aliphatic carbocycles. The summed E-state index contributed by atoms with van der Waals surface area (Å²) in [6.07, 6.45) is 0.494. The zero-order chi connectivity index (χ0) is 11.9. The quantitative estimate of drug-likeness (QED) is 0.721. The maximum absolute atomic E-state index is 12.0. The van der Waals surface area contributed by atoms with Gasteiger partial charge in [0.15, 0.2) is 5.78 Å². The van der Waals surface area contributed by atoms with Crippen molar-refractivity contribution in [2.24, 2.45) is 5.41 Å². The van der Waals surface area contributed by atoms with Crippen molar-refractivity contribution in [1.29, 1.82) is 0 Å². The van der Waals surface area contributed by atoms with Gasteiger partial charge < -0.3 is 4.74 Å². The van der Waals surface area contributed by atoms with Gasteiger partial charge in [0.2, 0.25) is 0 Å². The molecule has 0 atom stereocenters. The van der Waals surface area contributed by atoms with E-state index >= 15 is 0 Å². The van der Waals surface area contributed by atoms with Gasteiger partial charge in [-0.2, -0.15) is 0 Å². The van der Waals surface area contributed by atoms with Gasteiger partial charge >= 0.3 is 0 Å². The predicted molar refractivity (Wildman–Crippen MR) is 67.4 cm³/mol. The van der Waals surface area contributed by atoms with E-state index in [4.69, 9.17) is 16.3 Å². The fourth-order valence-electron chi connectivity index (χ4n) is 1.72. The summed E-state index contributed by atoms with van der Waals surface area (Å²) in [6, 6.07) is 3.43. The average Bonchev–Trinajstić information content (AvgIpc) is 2.27. The second kappa shape index (κ2) is 4.04. The maximum atomic E-state index is 12.0. The van der Waals surface area contributed by atoms with E-state index in [0.29, 0.717) is 29.4 Å². The van der Waals surface area contributed by atoms with Gasteiger partial charge in [-0.25, -0.2) is 0 Å². The fraction of sp³-hybridized carbons (Fsp3) is 0.417. The normalized spacial score (nSPS) is 18.6. The third-order valence-corrected chi connectivity index (χ3v) is 3.78. The lowest BCUT2D eigenvalue weighted by molar-refractivity contribution is 0.0918. The first-order valence-electron chi connectivity index (χ1n) is 5.04. The first-order chi connectivity index (χ1) is 7.39. The monoisotopic (exact) mass is 302 g/mol. The van der Waals surface area contributed by atoms with Crippen LogP contribution in [0.3, 0.4) is 0 Å². The summed E-state index contributed by atoms with van der Waals surface area (Å²) in [5.41, 5.74) is 0.483. The third kappa shape index (κ3) is 2.25. The van der Waals surface area contributed by atoms with Crippen LogP contribution in [0.5, 0.6) is 5.75 Å². The van der Waals surface area contributed by atoms with Crippen LogP contribution in [-0.4, -0.2) is 12.4 Å². The molecule has 0 saturated carbocycles. The molecule has 86 valence electrons. The number of carbonyl (C=O) groups is 1. The van der Waals surface area contributed by atoms with Gasteiger partial charge in [0.05, 0.1) is 17.2 Å². The lowest BCUT2D eigenvalue weighted by Gasteiger charge is -2.19. The Morgan fingerprint density at radius 1 is 1.44 bits per heavy atom. The molecule has 16 heavy (non-hydrogen) atoms. The summed E-state index contributed by atoms with van der Waals surface area (Å²) in [5.74, 6) is 0.693. The molecule has 1 aromatic carbocycles. The van der Waals surface area contributed by atoms with Crippen LogP contribution in [0.25, 0.3) is 0 Å². The predicted octanol–water partition coefficient (Wildman–Crippen LogP) is 4.09. The minimum Gasteiger partial charge on any atom is -0.492 e. The number of halogens is 2. The number of fused-ring (bicyclic) bond motifs is 1. The molecule has 1 aromatic rings. The van der Waals surface area contributed by atoms with E-state index in [-0.39, 0.29) is 11.2 Å². The van der Waals surface area contributed by atoms with Crippen molar-refractivity contribution in [3.63, 3.8) is 0 Å². The molecule has 0 spiro atoms. The van der Waals surface area contributed by atoms with Crippen molar-refractivity contribution in [3.8, 4) is 5.75 Å². The first kappa shape index (κ1) is 11.9. The molecule has 1 aliphatic heterocycles. The summed E-state index contributed by atoms with van der Waals surface area (Å²) in [7, 11) is 0. The molecule has 2 nitrogen and oxygen atoms in total. The minimum atomic E-state index is -0.130. The Morgan fingerprint density at radius 3 is 2.81 bits per heavy atom. The summed E-state index contributed by atoms with van der Waals surface area (Å²) >= 11 is 9.30. The first-order valence-corrected chi connectivity index (χ1v) is 6.21. The van der Waals surface area contributed by atoms with Gasteiger partial charge in [-0.1, -0.05) is 25.4 Å². The van der Waals surface area contributed by atoms with E-state index in [0.717, 1.165) is 4.47 Å². The zero-order valence-electron chi connectivity index (χ0n) is 9.14. The van der Waals surface area contributed by atoms with Crippen LogP contribution in [0, 0.1) is 5.41 Å². The van der Waals surface area contributed by atoms with E-state index in [1.54, 1.807) is 12.1 Å². The van der Waals surface area contributed by atoms with Crippen molar-refractivity contribution < 1.29 is 9.53 Å². The van der Waals surface area contributed by atoms with Crippen LogP contribution in [0.15, 0.2) is 16.6 Å². The van der Waals surface area contributed by atoms with Crippen molar-refractivity contribution in [2.45, 2.75) is 20.3 Å². The molecule has 4 heteroatoms. The largest absolute Gasteiger partial charge is 0.492 e. The average molecular weight is 304 g/mol. The molecule has 0 bridgehead atoms. The second-order valence-electron chi connectivity index (χ2n) is 4.82. The highest BCUT2D eigenvalue weighted by Crippen LogP contribution is 2.37. The van der Waals surface area contributed by atoms with Gasteiger partial charge in [-0.15, -0.1) is 0 Å². The molecule has 1 aliphatic rings.